The summed E-state index contributed by atoms with van der Waals surface area (Å²) < 4.78 is 22.5. The molecule has 42 heavy (non-hydrogen) atoms. The number of aromatic nitrogens is 1. The molecule has 1 N–H and O–H groups in total. The Balaban J connectivity index is 1.39. The molecule has 9 heteroatoms. The predicted molar refractivity (Wildman–Crippen MR) is 158 cm³/mol. The van der Waals surface area contributed by atoms with Gasteiger partial charge in [-0.3, -0.25) is 4.90 Å². The number of piperidine rings is 1. The lowest BCUT2D eigenvalue weighted by Crippen LogP contribution is -2.54. The van der Waals surface area contributed by atoms with Crippen molar-refractivity contribution < 1.29 is 33.3 Å². The number of ether oxygens (including phenoxy) is 3. The molecular weight excluding hydrogens is 536 g/mol. The van der Waals surface area contributed by atoms with Crippen LogP contribution in [-0.2, 0) is 16.0 Å². The highest BCUT2D eigenvalue weighted by molar-refractivity contribution is 5.82. The second-order valence-corrected chi connectivity index (χ2v) is 9.84. The Hall–Kier alpha value is -4.79. The van der Waals surface area contributed by atoms with Gasteiger partial charge in [-0.1, -0.05) is 30.9 Å². The Kier molecular flexibility index (Phi) is 10.2. The number of hydrogen-bond donors (Lipinski definition) is 1. The smallest absolute Gasteiger partial charge is 0.416 e. The third-order valence-electron chi connectivity index (χ3n) is 7.08. The number of oxazole rings is 1. The van der Waals surface area contributed by atoms with Gasteiger partial charge in [0.05, 0.1) is 25.5 Å². The average Bonchev–Trinajstić information content (AvgIpc) is 3.39. The maximum absolute atomic E-state index is 13.2. The molecule has 0 unspecified atom stereocenters. The van der Waals surface area contributed by atoms with Crippen LogP contribution in [0.2, 0.25) is 0 Å². The SMILES string of the molecule is C=C(/C=C\C(=C/C)OCCc1nc(-c2ccccc2)oc1C)[C@H]1CCC[C@@H](C(=O)O)N1C(=O)Oc1ccc(OC)cc1. The molecule has 9 nitrogen and oxygen atoms in total. The van der Waals surface area contributed by atoms with E-state index in [4.69, 9.17) is 18.6 Å². The summed E-state index contributed by atoms with van der Waals surface area (Å²) in [6.07, 6.45) is 6.69. The second-order valence-electron chi connectivity index (χ2n) is 9.84. The van der Waals surface area contributed by atoms with Gasteiger partial charge in [0.1, 0.15) is 29.1 Å². The topological polar surface area (TPSA) is 111 Å². The Morgan fingerprint density at radius 3 is 2.43 bits per heavy atom. The molecule has 0 spiro atoms. The van der Waals surface area contributed by atoms with Gasteiger partial charge >= 0.3 is 12.1 Å². The first kappa shape index (κ1) is 30.2. The number of carbonyl (C=O) groups excluding carboxylic acids is 1. The summed E-state index contributed by atoms with van der Waals surface area (Å²) in [7, 11) is 1.54. The van der Waals surface area contributed by atoms with Crippen LogP contribution in [0.25, 0.3) is 11.5 Å². The van der Waals surface area contributed by atoms with Crippen LogP contribution in [0.1, 0.15) is 37.6 Å². The summed E-state index contributed by atoms with van der Waals surface area (Å²) in [6, 6.07) is 14.7. The van der Waals surface area contributed by atoms with Gasteiger partial charge in [-0.15, -0.1) is 0 Å². The van der Waals surface area contributed by atoms with Gasteiger partial charge in [-0.25, -0.2) is 14.6 Å². The molecule has 0 saturated carbocycles. The van der Waals surface area contributed by atoms with Gasteiger partial charge in [0.25, 0.3) is 0 Å². The van der Waals surface area contributed by atoms with Crippen molar-refractivity contribution in [3.63, 3.8) is 0 Å². The Morgan fingerprint density at radius 2 is 1.76 bits per heavy atom. The third kappa shape index (κ3) is 7.48. The number of aryl methyl sites for hydroxylation is 1. The highest BCUT2D eigenvalue weighted by Gasteiger charge is 2.40. The largest absolute Gasteiger partial charge is 0.497 e. The van der Waals surface area contributed by atoms with Crippen LogP contribution in [-0.4, -0.2) is 52.9 Å². The molecule has 2 aromatic carbocycles. The molecule has 0 bridgehead atoms. The quantitative estimate of drug-likeness (QED) is 0.199. The van der Waals surface area contributed by atoms with Crippen molar-refractivity contribution in [3.05, 3.63) is 102 Å². The van der Waals surface area contributed by atoms with E-state index < -0.39 is 24.1 Å². The molecule has 1 aliphatic heterocycles. The fourth-order valence-corrected chi connectivity index (χ4v) is 4.82. The van der Waals surface area contributed by atoms with Gasteiger partial charge in [-0.2, -0.15) is 0 Å². The first-order chi connectivity index (χ1) is 20.3. The van der Waals surface area contributed by atoms with E-state index in [0.29, 0.717) is 61.0 Å². The van der Waals surface area contributed by atoms with Crippen molar-refractivity contribution >= 4 is 12.1 Å². The molecule has 0 radical (unpaired) electrons. The van der Waals surface area contributed by atoms with Crippen molar-refractivity contribution in [3.8, 4) is 23.0 Å². The van der Waals surface area contributed by atoms with Crippen molar-refractivity contribution in [2.24, 2.45) is 0 Å². The van der Waals surface area contributed by atoms with Crippen molar-refractivity contribution in [1.82, 2.24) is 9.88 Å². The Labute approximate surface area is 245 Å². The first-order valence-corrected chi connectivity index (χ1v) is 13.9. The molecule has 4 rings (SSSR count). The molecule has 1 aromatic heterocycles. The molecule has 3 aromatic rings. The van der Waals surface area contributed by atoms with Gasteiger partial charge < -0.3 is 23.7 Å². The molecule has 2 atom stereocenters. The number of methoxy groups -OCH3 is 1. The van der Waals surface area contributed by atoms with Gasteiger partial charge in [0.15, 0.2) is 0 Å². The number of aliphatic carboxylic acids is 1. The fraction of sp³-hybridized carbons (Fsp3) is 0.303. The zero-order valence-corrected chi connectivity index (χ0v) is 24.1. The number of rotatable bonds is 11. The number of likely N-dealkylation sites (tertiary alicyclic amines) is 1. The monoisotopic (exact) mass is 572 g/mol. The van der Waals surface area contributed by atoms with E-state index in [-0.39, 0.29) is 0 Å². The molecule has 220 valence electrons. The van der Waals surface area contributed by atoms with Gasteiger partial charge in [0, 0.05) is 12.0 Å². The number of carboxylic acids is 1. The molecule has 1 aliphatic rings. The van der Waals surface area contributed by atoms with E-state index in [1.54, 1.807) is 43.5 Å². The van der Waals surface area contributed by atoms with E-state index in [0.717, 1.165) is 17.0 Å². The summed E-state index contributed by atoms with van der Waals surface area (Å²) in [5, 5.41) is 9.87. The summed E-state index contributed by atoms with van der Waals surface area (Å²) >= 11 is 0. The second kappa shape index (κ2) is 14.2. The maximum atomic E-state index is 13.2. The van der Waals surface area contributed by atoms with Crippen LogP contribution < -0.4 is 9.47 Å². The van der Waals surface area contributed by atoms with Crippen molar-refractivity contribution in [2.45, 2.75) is 51.6 Å². The minimum absolute atomic E-state index is 0.290. The van der Waals surface area contributed by atoms with E-state index in [1.165, 1.54) is 4.90 Å². The number of hydrogen-bond acceptors (Lipinski definition) is 7. The van der Waals surface area contributed by atoms with Crippen LogP contribution in [0.3, 0.4) is 0 Å². The summed E-state index contributed by atoms with van der Waals surface area (Å²) in [6.45, 7) is 8.28. The molecule has 1 saturated heterocycles. The maximum Gasteiger partial charge on any atom is 0.416 e. The minimum Gasteiger partial charge on any atom is -0.497 e. The fourth-order valence-electron chi connectivity index (χ4n) is 4.82. The lowest BCUT2D eigenvalue weighted by atomic mass is 9.91. The first-order valence-electron chi connectivity index (χ1n) is 13.9. The van der Waals surface area contributed by atoms with Gasteiger partial charge in [0.2, 0.25) is 5.89 Å². The third-order valence-corrected chi connectivity index (χ3v) is 7.08. The summed E-state index contributed by atoms with van der Waals surface area (Å²) in [5.74, 6) is 1.75. The van der Waals surface area contributed by atoms with E-state index in [9.17, 15) is 14.7 Å². The van der Waals surface area contributed by atoms with Gasteiger partial charge in [-0.05, 0) is 87.2 Å². The standard InChI is InChI=1S/C33H36N2O7/c1-5-25(40-21-20-28-23(3)41-31(34-28)24-10-7-6-8-11-24)15-14-22(2)29-12-9-13-30(32(36)37)35(29)33(38)42-27-18-16-26(39-4)17-19-27/h5-8,10-11,14-19,29-30H,2,9,12-13,20-21H2,1,3-4H3,(H,36,37)/b15-14-,25-5+/t29-,30+/m1/s1. The van der Waals surface area contributed by atoms with Crippen LogP contribution in [0, 0.1) is 6.92 Å². The minimum atomic E-state index is -1.08. The molecule has 0 aliphatic carbocycles. The zero-order valence-electron chi connectivity index (χ0n) is 24.1. The van der Waals surface area contributed by atoms with Crippen LogP contribution in [0.15, 0.2) is 95.2 Å². The Morgan fingerprint density at radius 1 is 1.07 bits per heavy atom. The lowest BCUT2D eigenvalue weighted by Gasteiger charge is -2.39. The normalized spacial score (nSPS) is 17.2. The number of carboxylic acid groups (broad SMARTS) is 1. The average molecular weight is 573 g/mol. The van der Waals surface area contributed by atoms with E-state index in [1.807, 2.05) is 50.3 Å². The highest BCUT2D eigenvalue weighted by Crippen LogP contribution is 2.30. The molecular formula is C33H36N2O7. The van der Waals surface area contributed by atoms with Crippen LogP contribution in [0.5, 0.6) is 11.5 Å². The highest BCUT2D eigenvalue weighted by atomic mass is 16.6. The summed E-state index contributed by atoms with van der Waals surface area (Å²) in [5.41, 5.74) is 2.32. The van der Waals surface area contributed by atoms with Crippen molar-refractivity contribution in [1.29, 1.82) is 0 Å². The van der Waals surface area contributed by atoms with Crippen molar-refractivity contribution in [2.75, 3.05) is 13.7 Å². The Bertz CT molecular complexity index is 1440. The van der Waals surface area contributed by atoms with Crippen LogP contribution in [0.4, 0.5) is 4.79 Å². The van der Waals surface area contributed by atoms with E-state index >= 15 is 0 Å². The molecule has 1 fully saturated rings. The number of nitrogens with zero attached hydrogens (tertiary/aromatic N) is 2. The zero-order chi connectivity index (χ0) is 30.1. The lowest BCUT2D eigenvalue weighted by molar-refractivity contribution is -0.144. The summed E-state index contributed by atoms with van der Waals surface area (Å²) in [4.78, 5) is 31.2. The number of allylic oxidation sites excluding steroid dienone is 2. The predicted octanol–water partition coefficient (Wildman–Crippen LogP) is 6.74. The van der Waals surface area contributed by atoms with E-state index in [2.05, 4.69) is 11.6 Å². The molecule has 2 heterocycles. The molecule has 1 amide bonds. The number of benzene rings is 2. The number of carbonyl (C=O) groups is 2. The number of amides is 1. The van der Waals surface area contributed by atoms with Crippen LogP contribution >= 0.6 is 0 Å².